The van der Waals surface area contributed by atoms with Crippen LogP contribution in [0.5, 0.6) is 0 Å². The number of aromatic nitrogens is 1. The molecule has 150 valence electrons. The molecule has 9 heteroatoms. The van der Waals surface area contributed by atoms with E-state index < -0.39 is 0 Å². The Morgan fingerprint density at radius 1 is 1.11 bits per heavy atom. The molecular formula is C19H24N4O3S2. The van der Waals surface area contributed by atoms with Gasteiger partial charge in [-0.3, -0.25) is 14.5 Å². The summed E-state index contributed by atoms with van der Waals surface area (Å²) in [6, 6.07) is 1.85. The van der Waals surface area contributed by atoms with Crippen LogP contribution in [0.25, 0.3) is 10.6 Å². The third-order valence-electron chi connectivity index (χ3n) is 5.31. The van der Waals surface area contributed by atoms with Crippen molar-refractivity contribution in [3.8, 4) is 10.6 Å². The van der Waals surface area contributed by atoms with Crippen molar-refractivity contribution >= 4 is 34.5 Å². The molecular weight excluding hydrogens is 396 g/mol. The molecule has 4 rings (SSSR count). The summed E-state index contributed by atoms with van der Waals surface area (Å²) >= 11 is 3.06. The van der Waals surface area contributed by atoms with Gasteiger partial charge >= 0.3 is 0 Å². The van der Waals surface area contributed by atoms with Gasteiger partial charge in [0.2, 0.25) is 5.91 Å². The molecule has 2 aliphatic rings. The van der Waals surface area contributed by atoms with Crippen molar-refractivity contribution < 1.29 is 14.3 Å². The summed E-state index contributed by atoms with van der Waals surface area (Å²) in [6.07, 6.45) is 1.68. The molecule has 0 aromatic carbocycles. The fourth-order valence-electron chi connectivity index (χ4n) is 3.56. The summed E-state index contributed by atoms with van der Waals surface area (Å²) < 4.78 is 5.33. The van der Waals surface area contributed by atoms with Crippen LogP contribution >= 0.6 is 22.7 Å². The van der Waals surface area contributed by atoms with E-state index in [9.17, 15) is 9.59 Å². The molecule has 28 heavy (non-hydrogen) atoms. The number of morpholine rings is 1. The van der Waals surface area contributed by atoms with Gasteiger partial charge in [0.25, 0.3) is 5.91 Å². The molecule has 1 atom stereocenters. The van der Waals surface area contributed by atoms with E-state index in [0.29, 0.717) is 57.4 Å². The van der Waals surface area contributed by atoms with Crippen LogP contribution in [-0.2, 0) is 9.53 Å². The van der Waals surface area contributed by atoms with Gasteiger partial charge in [0.05, 0.1) is 25.5 Å². The molecule has 0 aliphatic carbocycles. The van der Waals surface area contributed by atoms with E-state index >= 15 is 0 Å². The average Bonchev–Trinajstić information content (AvgIpc) is 3.45. The second-order valence-corrected chi connectivity index (χ2v) is 8.79. The lowest BCUT2D eigenvalue weighted by molar-refractivity contribution is -0.141. The van der Waals surface area contributed by atoms with Crippen molar-refractivity contribution in [3.05, 3.63) is 27.9 Å². The maximum atomic E-state index is 12.8. The first-order chi connectivity index (χ1) is 13.6. The number of hydrogen-bond acceptors (Lipinski definition) is 7. The molecule has 0 bridgehead atoms. The van der Waals surface area contributed by atoms with Gasteiger partial charge in [0.1, 0.15) is 9.88 Å². The van der Waals surface area contributed by atoms with Crippen LogP contribution in [0.4, 0.5) is 0 Å². The lowest BCUT2D eigenvalue weighted by Gasteiger charge is -2.39. The van der Waals surface area contributed by atoms with Gasteiger partial charge < -0.3 is 14.5 Å². The minimum atomic E-state index is -0.163. The Balaban J connectivity index is 1.32. The fourth-order valence-corrected chi connectivity index (χ4v) is 5.16. The average molecular weight is 421 g/mol. The first-order valence-electron chi connectivity index (χ1n) is 9.52. The van der Waals surface area contributed by atoms with Crippen LogP contribution in [0.1, 0.15) is 16.6 Å². The Kier molecular flexibility index (Phi) is 6.05. The number of rotatable bonds is 4. The molecule has 2 fully saturated rings. The van der Waals surface area contributed by atoms with Crippen LogP contribution in [-0.4, -0.2) is 90.0 Å². The highest BCUT2D eigenvalue weighted by molar-refractivity contribution is 7.17. The largest absolute Gasteiger partial charge is 0.378 e. The second-order valence-electron chi connectivity index (χ2n) is 6.98. The quantitative estimate of drug-likeness (QED) is 0.756. The lowest BCUT2D eigenvalue weighted by Crippen LogP contribution is -2.56. The van der Waals surface area contributed by atoms with Crippen LogP contribution < -0.4 is 0 Å². The normalized spacial score (nSPS) is 19.6. The Morgan fingerprint density at radius 2 is 1.86 bits per heavy atom. The van der Waals surface area contributed by atoms with Gasteiger partial charge in [-0.15, -0.1) is 11.3 Å². The van der Waals surface area contributed by atoms with Crippen molar-refractivity contribution in [2.24, 2.45) is 0 Å². The zero-order chi connectivity index (χ0) is 19.5. The van der Waals surface area contributed by atoms with E-state index in [4.69, 9.17) is 4.74 Å². The summed E-state index contributed by atoms with van der Waals surface area (Å²) in [5.41, 5.74) is 1.06. The van der Waals surface area contributed by atoms with Gasteiger partial charge in [-0.2, -0.15) is 11.3 Å². The summed E-state index contributed by atoms with van der Waals surface area (Å²) in [6.45, 7) is 7.20. The highest BCUT2D eigenvalue weighted by Crippen LogP contribution is 2.28. The predicted molar refractivity (Wildman–Crippen MR) is 110 cm³/mol. The molecule has 2 amide bonds. The van der Waals surface area contributed by atoms with Gasteiger partial charge in [-0.25, -0.2) is 4.98 Å². The van der Waals surface area contributed by atoms with Crippen LogP contribution in [0.15, 0.2) is 23.0 Å². The maximum Gasteiger partial charge on any atom is 0.265 e. The van der Waals surface area contributed by atoms with Crippen LogP contribution in [0.3, 0.4) is 0 Å². The lowest BCUT2D eigenvalue weighted by atomic mass is 10.2. The summed E-state index contributed by atoms with van der Waals surface area (Å²) in [4.78, 5) is 36.5. The Morgan fingerprint density at radius 3 is 2.54 bits per heavy atom. The predicted octanol–water partition coefficient (Wildman–Crippen LogP) is 1.88. The van der Waals surface area contributed by atoms with Gasteiger partial charge in [-0.1, -0.05) is 0 Å². The third kappa shape index (κ3) is 4.12. The molecule has 0 N–H and O–H groups in total. The van der Waals surface area contributed by atoms with Crippen molar-refractivity contribution in [2.45, 2.75) is 13.0 Å². The summed E-state index contributed by atoms with van der Waals surface area (Å²) in [5.74, 6) is 0.191. The number of thiophene rings is 1. The highest BCUT2D eigenvalue weighted by Gasteiger charge is 2.31. The number of amides is 2. The van der Waals surface area contributed by atoms with E-state index in [-0.39, 0.29) is 17.9 Å². The molecule has 4 heterocycles. The van der Waals surface area contributed by atoms with Crippen LogP contribution in [0, 0.1) is 0 Å². The molecule has 0 spiro atoms. The van der Waals surface area contributed by atoms with E-state index in [1.54, 1.807) is 17.5 Å². The summed E-state index contributed by atoms with van der Waals surface area (Å²) in [7, 11) is 0. The van der Waals surface area contributed by atoms with Gasteiger partial charge in [0, 0.05) is 50.2 Å². The fraction of sp³-hybridized carbons (Fsp3) is 0.526. The van der Waals surface area contributed by atoms with E-state index in [2.05, 4.69) is 9.88 Å². The van der Waals surface area contributed by atoms with Gasteiger partial charge in [-0.05, 0) is 18.4 Å². The maximum absolute atomic E-state index is 12.8. The molecule has 2 aromatic heterocycles. The number of thiazole rings is 1. The van der Waals surface area contributed by atoms with Crippen molar-refractivity contribution in [3.63, 3.8) is 0 Å². The number of ether oxygens (including phenoxy) is 1. The standard InChI is InChI=1S/C19H24N4O3S2/c1-14(18(24)23-7-9-26-10-8-23)21-3-5-22(6-4-21)19(25)16-12-20-17(28-16)15-2-11-27-13-15/h2,11-14H,3-10H2,1H3. The van der Waals surface area contributed by atoms with Crippen molar-refractivity contribution in [1.82, 2.24) is 19.7 Å². The first kappa shape index (κ1) is 19.5. The van der Waals surface area contributed by atoms with Crippen LogP contribution in [0.2, 0.25) is 0 Å². The molecule has 2 saturated heterocycles. The van der Waals surface area contributed by atoms with E-state index in [0.717, 1.165) is 10.6 Å². The SMILES string of the molecule is CC(C(=O)N1CCOCC1)N1CCN(C(=O)c2cnc(-c3ccsc3)s2)CC1. The van der Waals surface area contributed by atoms with Crippen molar-refractivity contribution in [2.75, 3.05) is 52.5 Å². The second kappa shape index (κ2) is 8.69. The zero-order valence-electron chi connectivity index (χ0n) is 15.9. The molecule has 7 nitrogen and oxygen atoms in total. The third-order valence-corrected chi connectivity index (χ3v) is 7.03. The minimum absolute atomic E-state index is 0.0331. The minimum Gasteiger partial charge on any atom is -0.378 e. The Hall–Kier alpha value is -1.81. The van der Waals surface area contributed by atoms with E-state index in [1.807, 2.05) is 33.6 Å². The van der Waals surface area contributed by atoms with E-state index in [1.165, 1.54) is 11.3 Å². The molecule has 2 aromatic rings. The monoisotopic (exact) mass is 420 g/mol. The van der Waals surface area contributed by atoms with Crippen molar-refractivity contribution in [1.29, 1.82) is 0 Å². The number of hydrogen-bond donors (Lipinski definition) is 0. The highest BCUT2D eigenvalue weighted by atomic mass is 32.1. The zero-order valence-corrected chi connectivity index (χ0v) is 17.5. The number of nitrogens with zero attached hydrogens (tertiary/aromatic N) is 4. The van der Waals surface area contributed by atoms with Gasteiger partial charge in [0.15, 0.2) is 0 Å². The number of carbonyl (C=O) groups excluding carboxylic acids is 2. The molecule has 1 unspecified atom stereocenters. The topological polar surface area (TPSA) is 66.0 Å². The first-order valence-corrected chi connectivity index (χ1v) is 11.3. The molecule has 2 aliphatic heterocycles. The number of carbonyl (C=O) groups is 2. The summed E-state index contributed by atoms with van der Waals surface area (Å²) in [5, 5.41) is 4.93. The number of piperazine rings is 1. The molecule has 0 saturated carbocycles. The Labute approximate surface area is 172 Å². The molecule has 0 radical (unpaired) electrons. The smallest absolute Gasteiger partial charge is 0.265 e. The Bertz CT molecular complexity index is 809.